The first-order valence-electron chi connectivity index (χ1n) is 7.20. The molecule has 0 unspecified atom stereocenters. The molecule has 0 aromatic heterocycles. The van der Waals surface area contributed by atoms with E-state index in [1.54, 1.807) is 24.4 Å². The third-order valence-corrected chi connectivity index (χ3v) is 3.17. The highest BCUT2D eigenvalue weighted by atomic mass is 19.1. The number of nitrogens with zero attached hydrogens (tertiary/aromatic N) is 1. The molecule has 0 aliphatic rings. The van der Waals surface area contributed by atoms with E-state index in [0.29, 0.717) is 12.2 Å². The number of benzene rings is 1. The minimum absolute atomic E-state index is 0.151. The van der Waals surface area contributed by atoms with E-state index in [1.807, 2.05) is 18.7 Å². The number of hydrogen-bond donors (Lipinski definition) is 1. The van der Waals surface area contributed by atoms with Gasteiger partial charge in [-0.25, -0.2) is 4.39 Å². The van der Waals surface area contributed by atoms with Crippen molar-refractivity contribution in [3.05, 3.63) is 48.6 Å². The molecule has 1 N–H and O–H groups in total. The van der Waals surface area contributed by atoms with Gasteiger partial charge in [0, 0.05) is 11.7 Å². The van der Waals surface area contributed by atoms with E-state index in [-0.39, 0.29) is 17.6 Å². The molecule has 0 saturated carbocycles. The Morgan fingerprint density at radius 1 is 1.48 bits per heavy atom. The van der Waals surface area contributed by atoms with Crippen LogP contribution in [0.25, 0.3) is 0 Å². The van der Waals surface area contributed by atoms with Crippen molar-refractivity contribution in [3.8, 4) is 5.75 Å². The molecule has 0 atom stereocenters. The van der Waals surface area contributed by atoms with Crippen LogP contribution in [0.5, 0.6) is 5.75 Å². The zero-order chi connectivity index (χ0) is 15.8. The van der Waals surface area contributed by atoms with E-state index < -0.39 is 0 Å². The number of methoxy groups -OCH3 is 1. The maximum atomic E-state index is 14.5. The van der Waals surface area contributed by atoms with E-state index in [4.69, 9.17) is 4.74 Å². The lowest BCUT2D eigenvalue weighted by Crippen LogP contribution is -2.35. The van der Waals surface area contributed by atoms with Gasteiger partial charge in [0.25, 0.3) is 0 Å². The predicted octanol–water partition coefficient (Wildman–Crippen LogP) is 4.08. The first-order valence-corrected chi connectivity index (χ1v) is 7.20. The lowest BCUT2D eigenvalue weighted by atomic mass is 10.2. The quantitative estimate of drug-likeness (QED) is 0.781. The molecular weight excluding hydrogens is 267 g/mol. The van der Waals surface area contributed by atoms with Gasteiger partial charge in [-0.1, -0.05) is 25.6 Å². The molecule has 0 radical (unpaired) electrons. The van der Waals surface area contributed by atoms with Crippen LogP contribution in [-0.4, -0.2) is 19.7 Å². The average molecular weight is 292 g/mol. The Labute approximate surface area is 127 Å². The van der Waals surface area contributed by atoms with Gasteiger partial charge in [0.15, 0.2) is 11.6 Å². The van der Waals surface area contributed by atoms with Crippen LogP contribution in [0.1, 0.15) is 27.2 Å². The van der Waals surface area contributed by atoms with Crippen molar-refractivity contribution in [2.45, 2.75) is 33.2 Å². The van der Waals surface area contributed by atoms with Gasteiger partial charge in [-0.2, -0.15) is 0 Å². The molecule has 0 spiro atoms. The molecule has 0 amide bonds. The molecule has 0 aliphatic heterocycles. The van der Waals surface area contributed by atoms with Gasteiger partial charge in [0.1, 0.15) is 0 Å². The first kappa shape index (κ1) is 17.1. The maximum absolute atomic E-state index is 14.5. The van der Waals surface area contributed by atoms with Crippen LogP contribution < -0.4 is 15.0 Å². The number of halogens is 1. The average Bonchev–Trinajstić information content (AvgIpc) is 2.45. The molecule has 0 heterocycles. The minimum atomic E-state index is -0.330. The summed E-state index contributed by atoms with van der Waals surface area (Å²) in [6.07, 6.45) is 4.62. The van der Waals surface area contributed by atoms with Crippen molar-refractivity contribution < 1.29 is 9.13 Å². The second-order valence-electron chi connectivity index (χ2n) is 5.00. The largest absolute Gasteiger partial charge is 0.494 e. The molecule has 0 fully saturated rings. The normalized spacial score (nSPS) is 11.4. The van der Waals surface area contributed by atoms with E-state index in [2.05, 4.69) is 24.9 Å². The van der Waals surface area contributed by atoms with Gasteiger partial charge in [0.05, 0.1) is 19.3 Å². The zero-order valence-corrected chi connectivity index (χ0v) is 13.3. The van der Waals surface area contributed by atoms with Gasteiger partial charge in [-0.15, -0.1) is 0 Å². The van der Waals surface area contributed by atoms with Crippen LogP contribution in [0.3, 0.4) is 0 Å². The highest BCUT2D eigenvalue weighted by Gasteiger charge is 2.18. The minimum Gasteiger partial charge on any atom is -0.494 e. The van der Waals surface area contributed by atoms with Crippen LogP contribution in [0.15, 0.2) is 42.8 Å². The maximum Gasteiger partial charge on any atom is 0.188 e. The summed E-state index contributed by atoms with van der Waals surface area (Å²) in [5.74, 6) is -0.0704. The summed E-state index contributed by atoms with van der Waals surface area (Å²) in [5.41, 5.74) is 1.54. The van der Waals surface area contributed by atoms with Crippen LogP contribution >= 0.6 is 0 Å². The number of rotatable bonds is 8. The lowest BCUT2D eigenvalue weighted by Gasteiger charge is -2.30. The number of anilines is 1. The third kappa shape index (κ3) is 4.52. The van der Waals surface area contributed by atoms with Crippen LogP contribution in [0.4, 0.5) is 10.1 Å². The first-order chi connectivity index (χ1) is 10.0. The van der Waals surface area contributed by atoms with Crippen molar-refractivity contribution in [1.82, 2.24) is 5.32 Å². The van der Waals surface area contributed by atoms with Gasteiger partial charge < -0.3 is 15.0 Å². The van der Waals surface area contributed by atoms with Crippen molar-refractivity contribution in [2.24, 2.45) is 0 Å². The fourth-order valence-corrected chi connectivity index (χ4v) is 2.15. The molecule has 0 saturated heterocycles. The molecule has 3 nitrogen and oxygen atoms in total. The molecule has 1 aromatic carbocycles. The molecular formula is C17H25FN2O. The molecule has 116 valence electrons. The number of hydrogen-bond acceptors (Lipinski definition) is 3. The topological polar surface area (TPSA) is 24.5 Å². The Morgan fingerprint density at radius 2 is 2.19 bits per heavy atom. The number of allylic oxidation sites excluding steroid dienone is 1. The van der Waals surface area contributed by atoms with Crippen LogP contribution in [0.2, 0.25) is 0 Å². The second kappa shape index (κ2) is 8.35. The summed E-state index contributed by atoms with van der Waals surface area (Å²) in [4.78, 5) is 2.00. The standard InChI is InChI=1S/C17H25FN2O/c1-6-9-14(19-7-2)12-20(13(3)4)15-10-8-11-16(21-5)17(15)18/h7-11,13,19H,2,6,12H2,1,3-5H3/b14-9-. The Hall–Kier alpha value is -1.97. The zero-order valence-electron chi connectivity index (χ0n) is 13.3. The van der Waals surface area contributed by atoms with E-state index >= 15 is 0 Å². The molecule has 0 bridgehead atoms. The summed E-state index contributed by atoms with van der Waals surface area (Å²) in [6, 6.07) is 5.35. The fraction of sp³-hybridized carbons (Fsp3) is 0.412. The monoisotopic (exact) mass is 292 g/mol. The van der Waals surface area contributed by atoms with Crippen molar-refractivity contribution in [1.29, 1.82) is 0 Å². The van der Waals surface area contributed by atoms with Gasteiger partial charge in [-0.3, -0.25) is 0 Å². The van der Waals surface area contributed by atoms with E-state index in [0.717, 1.165) is 12.1 Å². The fourth-order valence-electron chi connectivity index (χ4n) is 2.15. The van der Waals surface area contributed by atoms with Crippen LogP contribution in [-0.2, 0) is 0 Å². The predicted molar refractivity (Wildman–Crippen MR) is 87.1 cm³/mol. The summed E-state index contributed by atoms with van der Waals surface area (Å²) in [7, 11) is 1.48. The highest BCUT2D eigenvalue weighted by molar-refractivity contribution is 5.54. The van der Waals surface area contributed by atoms with Gasteiger partial charge >= 0.3 is 0 Å². The number of nitrogens with one attached hydrogen (secondary N) is 1. The molecule has 21 heavy (non-hydrogen) atoms. The van der Waals surface area contributed by atoms with Gasteiger partial charge in [-0.05, 0) is 38.6 Å². The molecule has 1 rings (SSSR count). The lowest BCUT2D eigenvalue weighted by molar-refractivity contribution is 0.386. The summed E-state index contributed by atoms with van der Waals surface area (Å²) in [6.45, 7) is 10.4. The Balaban J connectivity index is 3.12. The smallest absolute Gasteiger partial charge is 0.188 e. The SMILES string of the molecule is C=CN/C(=C\CC)CN(c1cccc(OC)c1F)C(C)C. The number of ether oxygens (including phenoxy) is 1. The Morgan fingerprint density at radius 3 is 2.71 bits per heavy atom. The summed E-state index contributed by atoms with van der Waals surface area (Å²) < 4.78 is 19.5. The van der Waals surface area contributed by atoms with Crippen molar-refractivity contribution >= 4 is 5.69 Å². The molecule has 4 heteroatoms. The second-order valence-corrected chi connectivity index (χ2v) is 5.00. The molecule has 0 aliphatic carbocycles. The Kier molecular flexibility index (Phi) is 6.79. The Bertz CT molecular complexity index is 498. The summed E-state index contributed by atoms with van der Waals surface area (Å²) >= 11 is 0. The van der Waals surface area contributed by atoms with Crippen LogP contribution in [0, 0.1) is 5.82 Å². The summed E-state index contributed by atoms with van der Waals surface area (Å²) in [5, 5.41) is 3.12. The van der Waals surface area contributed by atoms with Gasteiger partial charge in [0.2, 0.25) is 0 Å². The van der Waals surface area contributed by atoms with Crippen molar-refractivity contribution in [3.63, 3.8) is 0 Å². The highest BCUT2D eigenvalue weighted by Crippen LogP contribution is 2.29. The third-order valence-electron chi connectivity index (χ3n) is 3.17. The van der Waals surface area contributed by atoms with Crippen molar-refractivity contribution in [2.75, 3.05) is 18.6 Å². The molecule has 1 aromatic rings. The van der Waals surface area contributed by atoms with E-state index in [9.17, 15) is 4.39 Å². The van der Waals surface area contributed by atoms with E-state index in [1.165, 1.54) is 7.11 Å².